The van der Waals surface area contributed by atoms with E-state index in [-0.39, 0.29) is 5.82 Å². The highest BCUT2D eigenvalue weighted by Crippen LogP contribution is 2.25. The summed E-state index contributed by atoms with van der Waals surface area (Å²) >= 11 is 0. The number of hydrogen-bond acceptors (Lipinski definition) is 5. The molecular weight excluding hydrogens is 365 g/mol. The maximum Gasteiger partial charge on any atom is 0.224 e. The van der Waals surface area contributed by atoms with Crippen LogP contribution in [0, 0.1) is 11.7 Å². The molecule has 150 valence electrons. The number of anilines is 4. The summed E-state index contributed by atoms with van der Waals surface area (Å²) < 4.78 is 13.0. The average molecular weight is 391 g/mol. The van der Waals surface area contributed by atoms with E-state index in [0.29, 0.717) is 12.5 Å². The zero-order valence-corrected chi connectivity index (χ0v) is 16.6. The lowest BCUT2D eigenvalue weighted by atomic mass is 9.99. The number of piperidine rings is 1. The van der Waals surface area contributed by atoms with Gasteiger partial charge in [0.15, 0.2) is 0 Å². The molecule has 0 unspecified atom stereocenters. The van der Waals surface area contributed by atoms with Crippen LogP contribution < -0.4 is 15.5 Å². The van der Waals surface area contributed by atoms with Crippen LogP contribution >= 0.6 is 0 Å². The first-order valence-electron chi connectivity index (χ1n) is 10.1. The molecule has 2 aromatic carbocycles. The van der Waals surface area contributed by atoms with Crippen LogP contribution in [-0.4, -0.2) is 23.1 Å². The molecule has 0 atom stereocenters. The van der Waals surface area contributed by atoms with Gasteiger partial charge in [-0.3, -0.25) is 0 Å². The van der Waals surface area contributed by atoms with Crippen molar-refractivity contribution in [2.24, 2.45) is 5.92 Å². The Balaban J connectivity index is 1.35. The fourth-order valence-electron chi connectivity index (χ4n) is 3.47. The number of nitrogens with zero attached hydrogens (tertiary/aromatic N) is 3. The summed E-state index contributed by atoms with van der Waals surface area (Å²) in [5.41, 5.74) is 3.23. The van der Waals surface area contributed by atoms with Crippen molar-refractivity contribution >= 4 is 23.1 Å². The SMILES string of the molecule is CC1CCN(c2ccc(Nc3ccnc(NCc4ccc(F)cc4)n3)cc2)CC1. The molecule has 0 spiro atoms. The molecule has 2 N–H and O–H groups in total. The molecule has 1 saturated heterocycles. The van der Waals surface area contributed by atoms with Crippen molar-refractivity contribution in [3.63, 3.8) is 0 Å². The lowest BCUT2D eigenvalue weighted by Gasteiger charge is -2.32. The Morgan fingerprint density at radius 3 is 2.45 bits per heavy atom. The van der Waals surface area contributed by atoms with Crippen LogP contribution in [0.25, 0.3) is 0 Å². The monoisotopic (exact) mass is 391 g/mol. The van der Waals surface area contributed by atoms with E-state index in [9.17, 15) is 4.39 Å². The molecule has 0 aliphatic carbocycles. The van der Waals surface area contributed by atoms with E-state index >= 15 is 0 Å². The van der Waals surface area contributed by atoms with E-state index in [1.165, 1.54) is 30.7 Å². The first-order valence-corrected chi connectivity index (χ1v) is 10.1. The highest BCUT2D eigenvalue weighted by Gasteiger charge is 2.15. The zero-order valence-electron chi connectivity index (χ0n) is 16.6. The van der Waals surface area contributed by atoms with Crippen molar-refractivity contribution in [2.45, 2.75) is 26.3 Å². The Hall–Kier alpha value is -3.15. The minimum atomic E-state index is -0.239. The van der Waals surface area contributed by atoms with Crippen molar-refractivity contribution in [3.05, 3.63) is 72.2 Å². The van der Waals surface area contributed by atoms with E-state index < -0.39 is 0 Å². The summed E-state index contributed by atoms with van der Waals surface area (Å²) in [6.45, 7) is 5.12. The second-order valence-electron chi connectivity index (χ2n) is 7.59. The predicted molar refractivity (Wildman–Crippen MR) is 116 cm³/mol. The smallest absolute Gasteiger partial charge is 0.224 e. The molecular formula is C23H26FN5. The third kappa shape index (κ3) is 5.22. The van der Waals surface area contributed by atoms with Gasteiger partial charge in [0.25, 0.3) is 0 Å². The Bertz CT molecular complexity index is 919. The topological polar surface area (TPSA) is 53.1 Å². The van der Waals surface area contributed by atoms with Gasteiger partial charge < -0.3 is 15.5 Å². The van der Waals surface area contributed by atoms with Gasteiger partial charge in [0.1, 0.15) is 11.6 Å². The largest absolute Gasteiger partial charge is 0.372 e. The van der Waals surface area contributed by atoms with E-state index in [1.807, 2.05) is 6.07 Å². The average Bonchev–Trinajstić information content (AvgIpc) is 2.75. The summed E-state index contributed by atoms with van der Waals surface area (Å²) in [5, 5.41) is 6.50. The van der Waals surface area contributed by atoms with Crippen molar-refractivity contribution in [1.82, 2.24) is 9.97 Å². The molecule has 1 aliphatic rings. The number of halogens is 1. The second kappa shape index (κ2) is 8.90. The van der Waals surface area contributed by atoms with Crippen LogP contribution in [0.15, 0.2) is 60.8 Å². The number of aromatic nitrogens is 2. The molecule has 0 amide bonds. The van der Waals surface area contributed by atoms with Crippen molar-refractivity contribution in [2.75, 3.05) is 28.6 Å². The minimum Gasteiger partial charge on any atom is -0.372 e. The molecule has 4 rings (SSSR count). The van der Waals surface area contributed by atoms with E-state index in [2.05, 4.69) is 56.7 Å². The Labute approximate surface area is 171 Å². The molecule has 2 heterocycles. The summed E-state index contributed by atoms with van der Waals surface area (Å²) in [6.07, 6.45) is 4.23. The molecule has 0 bridgehead atoms. The van der Waals surface area contributed by atoms with Crippen LogP contribution in [0.1, 0.15) is 25.3 Å². The molecule has 0 saturated carbocycles. The molecule has 29 heavy (non-hydrogen) atoms. The maximum absolute atomic E-state index is 13.0. The minimum absolute atomic E-state index is 0.239. The van der Waals surface area contributed by atoms with Crippen molar-refractivity contribution in [1.29, 1.82) is 0 Å². The standard InChI is InChI=1S/C23H26FN5/c1-17-11-14-29(15-12-17)21-8-6-20(7-9-21)27-22-10-13-25-23(28-22)26-16-18-2-4-19(24)5-3-18/h2-10,13,17H,11-12,14-16H2,1H3,(H2,25,26,27,28). The van der Waals surface area contributed by atoms with Gasteiger partial charge in [-0.1, -0.05) is 19.1 Å². The number of benzene rings is 2. The first kappa shape index (κ1) is 19.2. The second-order valence-corrected chi connectivity index (χ2v) is 7.59. The zero-order chi connectivity index (χ0) is 20.1. The Kier molecular flexibility index (Phi) is 5.89. The highest BCUT2D eigenvalue weighted by molar-refractivity contribution is 5.61. The molecule has 3 aromatic rings. The van der Waals surface area contributed by atoms with Gasteiger partial charge in [-0.15, -0.1) is 0 Å². The fourth-order valence-corrected chi connectivity index (χ4v) is 3.47. The first-order chi connectivity index (χ1) is 14.2. The van der Waals surface area contributed by atoms with Gasteiger partial charge in [-0.25, -0.2) is 9.37 Å². The normalized spacial score (nSPS) is 14.6. The van der Waals surface area contributed by atoms with Gasteiger partial charge in [-0.2, -0.15) is 4.98 Å². The summed E-state index contributed by atoms with van der Waals surface area (Å²) in [4.78, 5) is 11.2. The molecule has 1 aliphatic heterocycles. The van der Waals surface area contributed by atoms with Crippen LogP contribution in [0.5, 0.6) is 0 Å². The quantitative estimate of drug-likeness (QED) is 0.604. The van der Waals surface area contributed by atoms with Crippen LogP contribution in [0.2, 0.25) is 0 Å². The van der Waals surface area contributed by atoms with Crippen molar-refractivity contribution in [3.8, 4) is 0 Å². The molecule has 0 radical (unpaired) electrons. The summed E-state index contributed by atoms with van der Waals surface area (Å²) in [6, 6.07) is 16.7. The molecule has 6 heteroatoms. The summed E-state index contributed by atoms with van der Waals surface area (Å²) in [7, 11) is 0. The van der Waals surface area contributed by atoms with E-state index in [4.69, 9.17) is 0 Å². The van der Waals surface area contributed by atoms with E-state index in [0.717, 1.165) is 36.1 Å². The maximum atomic E-state index is 13.0. The third-order valence-electron chi connectivity index (χ3n) is 5.31. The highest BCUT2D eigenvalue weighted by atomic mass is 19.1. The number of nitrogens with one attached hydrogen (secondary N) is 2. The lowest BCUT2D eigenvalue weighted by molar-refractivity contribution is 0.438. The number of rotatable bonds is 6. The van der Waals surface area contributed by atoms with Crippen LogP contribution in [-0.2, 0) is 6.54 Å². The Morgan fingerprint density at radius 2 is 1.72 bits per heavy atom. The van der Waals surface area contributed by atoms with Gasteiger partial charge in [0, 0.05) is 37.2 Å². The van der Waals surface area contributed by atoms with Crippen molar-refractivity contribution < 1.29 is 4.39 Å². The van der Waals surface area contributed by atoms with Gasteiger partial charge >= 0.3 is 0 Å². The predicted octanol–water partition coefficient (Wildman–Crippen LogP) is 5.21. The molecule has 1 fully saturated rings. The van der Waals surface area contributed by atoms with Crippen LogP contribution in [0.4, 0.5) is 27.5 Å². The molecule has 1 aromatic heterocycles. The fraction of sp³-hybridized carbons (Fsp3) is 0.304. The van der Waals surface area contributed by atoms with Gasteiger partial charge in [-0.05, 0) is 66.8 Å². The summed E-state index contributed by atoms with van der Waals surface area (Å²) in [5.74, 6) is 1.84. The Morgan fingerprint density at radius 1 is 1.00 bits per heavy atom. The van der Waals surface area contributed by atoms with Crippen LogP contribution in [0.3, 0.4) is 0 Å². The van der Waals surface area contributed by atoms with Gasteiger partial charge in [0.05, 0.1) is 0 Å². The lowest BCUT2D eigenvalue weighted by Crippen LogP contribution is -2.32. The van der Waals surface area contributed by atoms with E-state index in [1.54, 1.807) is 18.3 Å². The molecule has 5 nitrogen and oxygen atoms in total. The van der Waals surface area contributed by atoms with Gasteiger partial charge in [0.2, 0.25) is 5.95 Å². The third-order valence-corrected chi connectivity index (χ3v) is 5.31. The number of hydrogen-bond donors (Lipinski definition) is 2.